The van der Waals surface area contributed by atoms with Crippen molar-refractivity contribution in [3.05, 3.63) is 58.5 Å². The standard InChI is InChI=1S/C17H18N2O5/c1-11-7-8-14(23-11)17(2,22)10-18-15(20)9-19-12-5-3-4-6-13(12)24-16(19)21/h3-8,22H,9-10H2,1-2H3,(H,18,20). The van der Waals surface area contributed by atoms with E-state index in [1.165, 1.54) is 4.57 Å². The summed E-state index contributed by atoms with van der Waals surface area (Å²) in [5, 5.41) is 13.0. The Morgan fingerprint density at radius 2 is 2.00 bits per heavy atom. The molecule has 0 spiro atoms. The molecule has 1 amide bonds. The predicted molar refractivity (Wildman–Crippen MR) is 86.5 cm³/mol. The van der Waals surface area contributed by atoms with Crippen molar-refractivity contribution in [2.75, 3.05) is 6.54 Å². The molecule has 24 heavy (non-hydrogen) atoms. The second-order valence-electron chi connectivity index (χ2n) is 5.88. The summed E-state index contributed by atoms with van der Waals surface area (Å²) in [6.45, 7) is 3.09. The van der Waals surface area contributed by atoms with Gasteiger partial charge in [0.2, 0.25) is 5.91 Å². The Morgan fingerprint density at radius 3 is 2.71 bits per heavy atom. The highest BCUT2D eigenvalue weighted by Gasteiger charge is 2.27. The zero-order chi connectivity index (χ0) is 17.3. The Balaban J connectivity index is 1.69. The predicted octanol–water partition coefficient (Wildman–Crippen LogP) is 1.52. The van der Waals surface area contributed by atoms with E-state index in [9.17, 15) is 14.7 Å². The van der Waals surface area contributed by atoms with Gasteiger partial charge >= 0.3 is 5.76 Å². The maximum Gasteiger partial charge on any atom is 0.420 e. The highest BCUT2D eigenvalue weighted by molar-refractivity contribution is 5.79. The summed E-state index contributed by atoms with van der Waals surface area (Å²) in [7, 11) is 0. The topological polar surface area (TPSA) is 97.6 Å². The molecule has 7 nitrogen and oxygen atoms in total. The Morgan fingerprint density at radius 1 is 1.25 bits per heavy atom. The normalized spacial score (nSPS) is 13.8. The number of carbonyl (C=O) groups is 1. The number of aromatic nitrogens is 1. The fourth-order valence-corrected chi connectivity index (χ4v) is 2.44. The van der Waals surface area contributed by atoms with E-state index in [0.717, 1.165) is 0 Å². The average molecular weight is 330 g/mol. The first-order valence-electron chi connectivity index (χ1n) is 7.51. The van der Waals surface area contributed by atoms with E-state index in [2.05, 4.69) is 5.32 Å². The summed E-state index contributed by atoms with van der Waals surface area (Å²) < 4.78 is 11.7. The minimum absolute atomic E-state index is 0.0384. The van der Waals surface area contributed by atoms with Crippen molar-refractivity contribution in [2.24, 2.45) is 0 Å². The van der Waals surface area contributed by atoms with Crippen LogP contribution in [-0.4, -0.2) is 22.1 Å². The molecule has 0 saturated carbocycles. The molecule has 2 N–H and O–H groups in total. The summed E-state index contributed by atoms with van der Waals surface area (Å²) in [4.78, 5) is 24.0. The SMILES string of the molecule is Cc1ccc(C(C)(O)CNC(=O)Cn2c(=O)oc3ccccc32)o1. The van der Waals surface area contributed by atoms with Gasteiger partial charge in [0.25, 0.3) is 0 Å². The highest BCUT2D eigenvalue weighted by atomic mass is 16.4. The number of hydrogen-bond donors (Lipinski definition) is 2. The summed E-state index contributed by atoms with van der Waals surface area (Å²) >= 11 is 0. The smallest absolute Gasteiger partial charge is 0.420 e. The number of benzene rings is 1. The second-order valence-corrected chi connectivity index (χ2v) is 5.88. The number of nitrogens with one attached hydrogen (secondary N) is 1. The first-order valence-corrected chi connectivity index (χ1v) is 7.51. The molecular weight excluding hydrogens is 312 g/mol. The Labute approximate surface area is 137 Å². The summed E-state index contributed by atoms with van der Waals surface area (Å²) in [5.74, 6) is 0.0335. The van der Waals surface area contributed by atoms with Crippen LogP contribution in [0.4, 0.5) is 0 Å². The van der Waals surface area contributed by atoms with Gasteiger partial charge in [0.1, 0.15) is 23.7 Å². The van der Waals surface area contributed by atoms with Crippen LogP contribution < -0.4 is 11.1 Å². The first-order chi connectivity index (χ1) is 11.4. The van der Waals surface area contributed by atoms with Crippen LogP contribution in [0.5, 0.6) is 0 Å². The number of nitrogens with zero attached hydrogens (tertiary/aromatic N) is 1. The molecule has 0 aliphatic heterocycles. The number of oxazole rings is 1. The van der Waals surface area contributed by atoms with E-state index in [1.54, 1.807) is 50.2 Å². The lowest BCUT2D eigenvalue weighted by Gasteiger charge is -2.21. The van der Waals surface area contributed by atoms with Gasteiger partial charge in [-0.25, -0.2) is 4.79 Å². The van der Waals surface area contributed by atoms with Crippen LogP contribution in [0.2, 0.25) is 0 Å². The number of para-hydroxylation sites is 2. The van der Waals surface area contributed by atoms with Crippen LogP contribution in [0.3, 0.4) is 0 Å². The third-order valence-electron chi connectivity index (χ3n) is 3.78. The highest BCUT2D eigenvalue weighted by Crippen LogP contribution is 2.21. The van der Waals surface area contributed by atoms with Crippen molar-refractivity contribution in [3.8, 4) is 0 Å². The average Bonchev–Trinajstić information content (AvgIpc) is 3.10. The molecule has 0 radical (unpaired) electrons. The maximum absolute atomic E-state index is 12.1. The van der Waals surface area contributed by atoms with Crippen LogP contribution in [0, 0.1) is 6.92 Å². The number of aliphatic hydroxyl groups is 1. The van der Waals surface area contributed by atoms with E-state index in [4.69, 9.17) is 8.83 Å². The van der Waals surface area contributed by atoms with Gasteiger partial charge < -0.3 is 19.3 Å². The van der Waals surface area contributed by atoms with Gasteiger partial charge in [0.15, 0.2) is 5.58 Å². The second kappa shape index (κ2) is 6.01. The largest absolute Gasteiger partial charge is 0.463 e. The summed E-state index contributed by atoms with van der Waals surface area (Å²) in [6.07, 6.45) is 0. The Hall–Kier alpha value is -2.80. The molecule has 3 rings (SSSR count). The van der Waals surface area contributed by atoms with Gasteiger partial charge in [-0.3, -0.25) is 9.36 Å². The van der Waals surface area contributed by atoms with E-state index < -0.39 is 17.3 Å². The molecule has 1 atom stereocenters. The lowest BCUT2D eigenvalue weighted by Crippen LogP contribution is -2.40. The Kier molecular flexibility index (Phi) is 4.02. The fraction of sp³-hybridized carbons (Fsp3) is 0.294. The molecule has 7 heteroatoms. The van der Waals surface area contributed by atoms with Gasteiger partial charge in [0, 0.05) is 0 Å². The number of amides is 1. The third kappa shape index (κ3) is 3.11. The van der Waals surface area contributed by atoms with Gasteiger partial charge in [-0.15, -0.1) is 0 Å². The monoisotopic (exact) mass is 330 g/mol. The van der Waals surface area contributed by atoms with Crippen molar-refractivity contribution in [1.82, 2.24) is 9.88 Å². The molecule has 3 aromatic rings. The van der Waals surface area contributed by atoms with Crippen LogP contribution in [0.25, 0.3) is 11.1 Å². The minimum Gasteiger partial charge on any atom is -0.463 e. The number of hydrogen-bond acceptors (Lipinski definition) is 5. The third-order valence-corrected chi connectivity index (χ3v) is 3.78. The van der Waals surface area contributed by atoms with Crippen molar-refractivity contribution in [3.63, 3.8) is 0 Å². The lowest BCUT2D eigenvalue weighted by atomic mass is 10.0. The fourth-order valence-electron chi connectivity index (χ4n) is 2.44. The van der Waals surface area contributed by atoms with Crippen LogP contribution in [0.1, 0.15) is 18.4 Å². The number of furan rings is 1. The van der Waals surface area contributed by atoms with Crippen molar-refractivity contribution in [1.29, 1.82) is 0 Å². The summed E-state index contributed by atoms with van der Waals surface area (Å²) in [6, 6.07) is 10.3. The Bertz CT molecular complexity index is 932. The van der Waals surface area contributed by atoms with Crippen molar-refractivity contribution >= 4 is 17.0 Å². The van der Waals surface area contributed by atoms with Gasteiger partial charge in [0.05, 0.1) is 12.1 Å². The van der Waals surface area contributed by atoms with Crippen molar-refractivity contribution < 1.29 is 18.7 Å². The quantitative estimate of drug-likeness (QED) is 0.739. The molecule has 1 aromatic carbocycles. The number of aryl methyl sites for hydroxylation is 1. The zero-order valence-electron chi connectivity index (χ0n) is 13.4. The van der Waals surface area contributed by atoms with E-state index in [0.29, 0.717) is 22.6 Å². The lowest BCUT2D eigenvalue weighted by molar-refractivity contribution is -0.123. The minimum atomic E-state index is -1.34. The molecule has 0 saturated heterocycles. The molecule has 0 bridgehead atoms. The molecule has 0 aliphatic carbocycles. The molecule has 2 aromatic heterocycles. The molecule has 2 heterocycles. The number of carbonyl (C=O) groups excluding carboxylic acids is 1. The molecule has 1 unspecified atom stereocenters. The van der Waals surface area contributed by atoms with E-state index in [-0.39, 0.29) is 13.1 Å². The van der Waals surface area contributed by atoms with Crippen LogP contribution >= 0.6 is 0 Å². The molecule has 0 fully saturated rings. The van der Waals surface area contributed by atoms with Crippen LogP contribution in [-0.2, 0) is 16.9 Å². The number of fused-ring (bicyclic) bond motifs is 1. The molecule has 0 aliphatic rings. The summed E-state index contributed by atoms with van der Waals surface area (Å²) in [5.41, 5.74) is -0.368. The molecular formula is C17H18N2O5. The van der Waals surface area contributed by atoms with E-state index in [1.807, 2.05) is 0 Å². The van der Waals surface area contributed by atoms with E-state index >= 15 is 0 Å². The molecule has 126 valence electrons. The maximum atomic E-state index is 12.1. The van der Waals surface area contributed by atoms with Gasteiger partial charge in [-0.05, 0) is 38.1 Å². The van der Waals surface area contributed by atoms with Crippen LogP contribution in [0.15, 0.2) is 50.0 Å². The number of rotatable bonds is 5. The van der Waals surface area contributed by atoms with Gasteiger partial charge in [-0.2, -0.15) is 0 Å². The zero-order valence-corrected chi connectivity index (χ0v) is 13.4. The van der Waals surface area contributed by atoms with Gasteiger partial charge in [-0.1, -0.05) is 12.1 Å². The first kappa shape index (κ1) is 16.1. The van der Waals surface area contributed by atoms with Crippen molar-refractivity contribution in [2.45, 2.75) is 26.0 Å².